The van der Waals surface area contributed by atoms with Crippen molar-refractivity contribution in [2.45, 2.75) is 55.9 Å². The number of pyridine rings is 1. The number of ether oxygens (including phenoxy) is 3. The third-order valence-electron chi connectivity index (χ3n) is 7.68. The molecule has 2 unspecified atom stereocenters. The number of amides is 2. The molecule has 2 aliphatic heterocycles. The van der Waals surface area contributed by atoms with E-state index in [1.54, 1.807) is 18.2 Å². The first-order valence-corrected chi connectivity index (χ1v) is 12.3. The van der Waals surface area contributed by atoms with Crippen LogP contribution >= 0.6 is 0 Å². The number of nitriles is 1. The fourth-order valence-electron chi connectivity index (χ4n) is 5.90. The Balaban J connectivity index is 1.11. The Morgan fingerprint density at radius 2 is 2.08 bits per heavy atom. The molecule has 2 aliphatic carbocycles. The third-order valence-corrected chi connectivity index (χ3v) is 7.68. The van der Waals surface area contributed by atoms with E-state index in [4.69, 9.17) is 14.2 Å². The van der Waals surface area contributed by atoms with Crippen LogP contribution in [0.15, 0.2) is 30.3 Å². The van der Waals surface area contributed by atoms with Gasteiger partial charge in [-0.2, -0.15) is 5.26 Å². The van der Waals surface area contributed by atoms with Crippen LogP contribution < -0.4 is 20.3 Å². The molecule has 11 nitrogen and oxygen atoms in total. The van der Waals surface area contributed by atoms with Gasteiger partial charge in [0.05, 0.1) is 24.2 Å². The SMILES string of the molecule is N#Cc1cccc2c1CC(NC1CCC3(CC1)CN(c1ccc4c(n1)NC(=O)CO4)C(=O)O3)C2OC=O. The maximum Gasteiger partial charge on any atom is 0.416 e. The summed E-state index contributed by atoms with van der Waals surface area (Å²) < 4.78 is 16.7. The van der Waals surface area contributed by atoms with Gasteiger partial charge in [-0.25, -0.2) is 9.78 Å². The molecule has 2 fully saturated rings. The van der Waals surface area contributed by atoms with Crippen LogP contribution in [0.25, 0.3) is 0 Å². The van der Waals surface area contributed by atoms with Crippen LogP contribution in [0.5, 0.6) is 5.75 Å². The van der Waals surface area contributed by atoms with Gasteiger partial charge in [-0.3, -0.25) is 14.5 Å². The van der Waals surface area contributed by atoms with Crippen molar-refractivity contribution < 1.29 is 28.6 Å². The Morgan fingerprint density at radius 3 is 2.86 bits per heavy atom. The second kappa shape index (κ2) is 9.05. The number of hydrogen-bond donors (Lipinski definition) is 2. The minimum atomic E-state index is -0.613. The van der Waals surface area contributed by atoms with Crippen LogP contribution in [0, 0.1) is 11.3 Å². The van der Waals surface area contributed by atoms with E-state index in [0.29, 0.717) is 55.2 Å². The molecular formula is C26H25N5O6. The predicted octanol–water partition coefficient (Wildman–Crippen LogP) is 2.35. The van der Waals surface area contributed by atoms with Gasteiger partial charge in [0.2, 0.25) is 0 Å². The highest BCUT2D eigenvalue weighted by Crippen LogP contribution is 2.41. The Labute approximate surface area is 212 Å². The van der Waals surface area contributed by atoms with Crippen LogP contribution in [0.1, 0.15) is 48.5 Å². The summed E-state index contributed by atoms with van der Waals surface area (Å²) in [6, 6.07) is 11.1. The summed E-state index contributed by atoms with van der Waals surface area (Å²) in [5.74, 6) is 0.862. The number of carbonyl (C=O) groups is 3. The van der Waals surface area contributed by atoms with Crippen molar-refractivity contribution in [3.63, 3.8) is 0 Å². The molecule has 0 radical (unpaired) electrons. The van der Waals surface area contributed by atoms with E-state index in [-0.39, 0.29) is 24.6 Å². The van der Waals surface area contributed by atoms with Crippen molar-refractivity contribution in [3.8, 4) is 11.8 Å². The second-order valence-electron chi connectivity index (χ2n) is 9.88. The summed E-state index contributed by atoms with van der Waals surface area (Å²) >= 11 is 0. The lowest BCUT2D eigenvalue weighted by Crippen LogP contribution is -2.48. The van der Waals surface area contributed by atoms with Crippen molar-refractivity contribution in [1.29, 1.82) is 5.26 Å². The van der Waals surface area contributed by atoms with E-state index in [1.807, 2.05) is 12.1 Å². The van der Waals surface area contributed by atoms with Crippen LogP contribution in [-0.2, 0) is 25.5 Å². The first-order chi connectivity index (χ1) is 18.0. The number of nitrogens with zero attached hydrogens (tertiary/aromatic N) is 3. The van der Waals surface area contributed by atoms with Crippen LogP contribution in [0.2, 0.25) is 0 Å². The number of rotatable bonds is 5. The van der Waals surface area contributed by atoms with E-state index in [9.17, 15) is 19.6 Å². The highest BCUT2D eigenvalue weighted by Gasteiger charge is 2.49. The first kappa shape index (κ1) is 23.2. The summed E-state index contributed by atoms with van der Waals surface area (Å²) in [5.41, 5.74) is 1.78. The topological polar surface area (TPSA) is 143 Å². The fourth-order valence-corrected chi connectivity index (χ4v) is 5.90. The van der Waals surface area contributed by atoms with Crippen molar-refractivity contribution in [2.75, 3.05) is 23.4 Å². The van der Waals surface area contributed by atoms with Gasteiger partial charge >= 0.3 is 6.09 Å². The molecular weight excluding hydrogens is 478 g/mol. The number of fused-ring (bicyclic) bond motifs is 2. The second-order valence-corrected chi connectivity index (χ2v) is 9.88. The van der Waals surface area contributed by atoms with E-state index in [1.165, 1.54) is 4.90 Å². The third kappa shape index (κ3) is 4.13. The average molecular weight is 504 g/mol. The zero-order chi connectivity index (χ0) is 25.6. The average Bonchev–Trinajstić information content (AvgIpc) is 3.42. The number of hydrogen-bond acceptors (Lipinski definition) is 9. The maximum atomic E-state index is 12.8. The molecule has 0 bridgehead atoms. The standard InChI is InChI=1S/C26H25N5O6/c27-11-15-2-1-3-17-18(15)10-19(23(17)36-14-32)28-16-6-8-26(9-7-16)13-31(25(34)37-26)21-5-4-20-24(29-21)30-22(33)12-35-20/h1-5,14,16,19,23,28H,6-10,12-13H2,(H,29,30,33). The molecule has 1 aromatic heterocycles. The molecule has 6 rings (SSSR count). The van der Waals surface area contributed by atoms with Crippen molar-refractivity contribution >= 4 is 30.1 Å². The van der Waals surface area contributed by atoms with Crippen molar-refractivity contribution in [3.05, 3.63) is 47.0 Å². The smallest absolute Gasteiger partial charge is 0.416 e. The largest absolute Gasteiger partial charge is 0.480 e. The van der Waals surface area contributed by atoms with E-state index < -0.39 is 17.8 Å². The van der Waals surface area contributed by atoms with Crippen LogP contribution in [0.4, 0.5) is 16.4 Å². The molecule has 2 amide bonds. The fraction of sp³-hybridized carbons (Fsp3) is 0.423. The quantitative estimate of drug-likeness (QED) is 0.588. The van der Waals surface area contributed by atoms with Gasteiger partial charge in [-0.1, -0.05) is 12.1 Å². The van der Waals surface area contributed by atoms with E-state index >= 15 is 0 Å². The molecule has 190 valence electrons. The Hall–Kier alpha value is -4.17. The lowest BCUT2D eigenvalue weighted by atomic mass is 9.81. The molecule has 1 saturated carbocycles. The Morgan fingerprint density at radius 1 is 1.24 bits per heavy atom. The minimum absolute atomic E-state index is 0.0630. The van der Waals surface area contributed by atoms with Crippen LogP contribution in [0.3, 0.4) is 0 Å². The molecule has 1 aromatic carbocycles. The molecule has 37 heavy (non-hydrogen) atoms. The molecule has 3 heterocycles. The van der Waals surface area contributed by atoms with Gasteiger partial charge in [0.25, 0.3) is 12.4 Å². The van der Waals surface area contributed by atoms with E-state index in [0.717, 1.165) is 24.0 Å². The number of anilines is 2. The predicted molar refractivity (Wildman–Crippen MR) is 129 cm³/mol. The molecule has 2 aromatic rings. The molecule has 2 N–H and O–H groups in total. The monoisotopic (exact) mass is 503 g/mol. The normalized spacial score (nSPS) is 28.0. The Kier molecular flexibility index (Phi) is 5.68. The molecule has 1 spiro atoms. The summed E-state index contributed by atoms with van der Waals surface area (Å²) in [5, 5.41) is 15.8. The van der Waals surface area contributed by atoms with E-state index in [2.05, 4.69) is 21.7 Å². The zero-order valence-electron chi connectivity index (χ0n) is 19.9. The minimum Gasteiger partial charge on any atom is -0.480 e. The summed E-state index contributed by atoms with van der Waals surface area (Å²) in [6.45, 7) is 0.769. The van der Waals surface area contributed by atoms with Gasteiger partial charge in [-0.15, -0.1) is 0 Å². The molecule has 11 heteroatoms. The molecule has 1 saturated heterocycles. The highest BCUT2D eigenvalue weighted by molar-refractivity contribution is 5.95. The van der Waals surface area contributed by atoms with Gasteiger partial charge in [-0.05, 0) is 61.4 Å². The molecule has 2 atom stereocenters. The summed E-state index contributed by atoms with van der Waals surface area (Å²) in [6.07, 6.45) is 2.57. The van der Waals surface area contributed by atoms with Crippen LogP contribution in [-0.4, -0.2) is 54.3 Å². The lowest BCUT2D eigenvalue weighted by Gasteiger charge is -2.37. The van der Waals surface area contributed by atoms with Gasteiger partial charge in [0.15, 0.2) is 18.2 Å². The zero-order valence-corrected chi connectivity index (χ0v) is 19.9. The van der Waals surface area contributed by atoms with Crippen molar-refractivity contribution in [1.82, 2.24) is 10.3 Å². The first-order valence-electron chi connectivity index (χ1n) is 12.3. The summed E-state index contributed by atoms with van der Waals surface area (Å²) in [4.78, 5) is 41.6. The number of aromatic nitrogens is 1. The van der Waals surface area contributed by atoms with Gasteiger partial charge in [0, 0.05) is 6.04 Å². The highest BCUT2D eigenvalue weighted by atomic mass is 16.6. The Bertz CT molecular complexity index is 1320. The number of nitrogens with one attached hydrogen (secondary N) is 2. The van der Waals surface area contributed by atoms with Gasteiger partial charge in [0.1, 0.15) is 17.5 Å². The summed E-state index contributed by atoms with van der Waals surface area (Å²) in [7, 11) is 0. The number of benzene rings is 1. The van der Waals surface area contributed by atoms with Crippen molar-refractivity contribution in [2.24, 2.45) is 0 Å². The lowest BCUT2D eigenvalue weighted by molar-refractivity contribution is -0.135. The molecule has 4 aliphatic rings. The maximum absolute atomic E-state index is 12.8. The van der Waals surface area contributed by atoms with Gasteiger partial charge < -0.3 is 24.8 Å². The number of carbonyl (C=O) groups excluding carboxylic acids is 3.